The van der Waals surface area contributed by atoms with Crippen molar-refractivity contribution in [3.05, 3.63) is 20.8 Å². The Morgan fingerprint density at radius 1 is 1.71 bits per heavy atom. The SMILES string of the molecule is CC1CCN(CC(=O)c2sccc2Br)C1CO. The van der Waals surface area contributed by atoms with Gasteiger partial charge in [0.25, 0.3) is 0 Å². The van der Waals surface area contributed by atoms with Crippen LogP contribution in [-0.4, -0.2) is 41.5 Å². The van der Waals surface area contributed by atoms with Crippen molar-refractivity contribution < 1.29 is 9.90 Å². The first kappa shape index (κ1) is 13.2. The van der Waals surface area contributed by atoms with Crippen molar-refractivity contribution in [2.45, 2.75) is 19.4 Å². The maximum Gasteiger partial charge on any atom is 0.187 e. The molecule has 1 aromatic heterocycles. The fourth-order valence-corrected chi connectivity index (χ4v) is 3.85. The van der Waals surface area contributed by atoms with Gasteiger partial charge in [-0.05, 0) is 46.3 Å². The van der Waals surface area contributed by atoms with E-state index < -0.39 is 0 Å². The smallest absolute Gasteiger partial charge is 0.187 e. The average molecular weight is 318 g/mol. The minimum absolute atomic E-state index is 0.137. The molecule has 1 N–H and O–H groups in total. The molecular formula is C12H16BrNO2S. The van der Waals surface area contributed by atoms with E-state index >= 15 is 0 Å². The second-order valence-corrected chi connectivity index (χ2v) is 6.28. The van der Waals surface area contributed by atoms with E-state index in [-0.39, 0.29) is 18.4 Å². The molecule has 0 amide bonds. The molecule has 0 saturated carbocycles. The van der Waals surface area contributed by atoms with Crippen LogP contribution in [0.5, 0.6) is 0 Å². The van der Waals surface area contributed by atoms with Gasteiger partial charge < -0.3 is 5.11 Å². The van der Waals surface area contributed by atoms with Gasteiger partial charge in [-0.3, -0.25) is 9.69 Å². The Morgan fingerprint density at radius 2 is 2.47 bits per heavy atom. The number of hydrogen-bond donors (Lipinski definition) is 1. The van der Waals surface area contributed by atoms with E-state index in [1.165, 1.54) is 11.3 Å². The second kappa shape index (κ2) is 5.61. The highest BCUT2D eigenvalue weighted by molar-refractivity contribution is 9.10. The molecule has 0 bridgehead atoms. The molecule has 2 heterocycles. The zero-order valence-electron chi connectivity index (χ0n) is 9.73. The van der Waals surface area contributed by atoms with Crippen molar-refractivity contribution in [1.82, 2.24) is 4.90 Å². The number of aliphatic hydroxyl groups is 1. The third-order valence-corrected chi connectivity index (χ3v) is 5.28. The van der Waals surface area contributed by atoms with Gasteiger partial charge in [0, 0.05) is 10.5 Å². The van der Waals surface area contributed by atoms with Crippen LogP contribution in [0.3, 0.4) is 0 Å². The molecule has 94 valence electrons. The topological polar surface area (TPSA) is 40.5 Å². The molecule has 3 nitrogen and oxygen atoms in total. The zero-order chi connectivity index (χ0) is 12.4. The van der Waals surface area contributed by atoms with E-state index in [9.17, 15) is 9.90 Å². The van der Waals surface area contributed by atoms with Gasteiger partial charge in [0.05, 0.1) is 18.0 Å². The van der Waals surface area contributed by atoms with Crippen LogP contribution in [0.1, 0.15) is 23.0 Å². The average Bonchev–Trinajstić information content (AvgIpc) is 2.85. The minimum atomic E-state index is 0.137. The van der Waals surface area contributed by atoms with Crippen molar-refractivity contribution in [2.75, 3.05) is 19.7 Å². The summed E-state index contributed by atoms with van der Waals surface area (Å²) in [5, 5.41) is 11.3. The van der Waals surface area contributed by atoms with Gasteiger partial charge in [0.2, 0.25) is 0 Å². The first-order valence-electron chi connectivity index (χ1n) is 5.74. The highest BCUT2D eigenvalue weighted by atomic mass is 79.9. The molecule has 5 heteroatoms. The van der Waals surface area contributed by atoms with E-state index in [1.54, 1.807) is 0 Å². The largest absolute Gasteiger partial charge is 0.395 e. The number of rotatable bonds is 4. The lowest BCUT2D eigenvalue weighted by molar-refractivity contribution is 0.0869. The van der Waals surface area contributed by atoms with Crippen LogP contribution >= 0.6 is 27.3 Å². The summed E-state index contributed by atoms with van der Waals surface area (Å²) in [5.41, 5.74) is 0. The summed E-state index contributed by atoms with van der Waals surface area (Å²) in [5.74, 6) is 0.610. The van der Waals surface area contributed by atoms with E-state index in [0.29, 0.717) is 12.5 Å². The Morgan fingerprint density at radius 3 is 3.06 bits per heavy atom. The molecule has 0 spiro atoms. The third-order valence-electron chi connectivity index (χ3n) is 3.40. The molecule has 1 fully saturated rings. The van der Waals surface area contributed by atoms with Gasteiger partial charge in [-0.15, -0.1) is 11.3 Å². The number of carbonyl (C=O) groups excluding carboxylic acids is 1. The van der Waals surface area contributed by atoms with E-state index in [1.807, 2.05) is 11.4 Å². The molecule has 1 aliphatic rings. The number of ketones is 1. The van der Waals surface area contributed by atoms with Crippen molar-refractivity contribution in [2.24, 2.45) is 5.92 Å². The summed E-state index contributed by atoms with van der Waals surface area (Å²) in [7, 11) is 0. The van der Waals surface area contributed by atoms with Gasteiger partial charge in [-0.25, -0.2) is 0 Å². The lowest BCUT2D eigenvalue weighted by Crippen LogP contribution is -2.38. The van der Waals surface area contributed by atoms with Crippen LogP contribution in [-0.2, 0) is 0 Å². The summed E-state index contributed by atoms with van der Waals surface area (Å²) in [6, 6.07) is 2.03. The van der Waals surface area contributed by atoms with Crippen molar-refractivity contribution in [1.29, 1.82) is 0 Å². The number of likely N-dealkylation sites (tertiary alicyclic amines) is 1. The molecule has 1 aliphatic heterocycles. The molecule has 0 aliphatic carbocycles. The van der Waals surface area contributed by atoms with Gasteiger partial charge in [0.15, 0.2) is 5.78 Å². The maximum absolute atomic E-state index is 12.1. The number of carbonyl (C=O) groups is 1. The highest BCUT2D eigenvalue weighted by Crippen LogP contribution is 2.26. The third kappa shape index (κ3) is 2.78. The van der Waals surface area contributed by atoms with Gasteiger partial charge in [-0.2, -0.15) is 0 Å². The molecule has 2 unspecified atom stereocenters. The Hall–Kier alpha value is -0.230. The molecule has 1 saturated heterocycles. The van der Waals surface area contributed by atoms with Crippen molar-refractivity contribution >= 4 is 33.0 Å². The number of hydrogen-bond acceptors (Lipinski definition) is 4. The van der Waals surface area contributed by atoms with Gasteiger partial charge in [0.1, 0.15) is 0 Å². The summed E-state index contributed by atoms with van der Waals surface area (Å²) < 4.78 is 0.875. The Kier molecular flexibility index (Phi) is 4.36. The molecule has 1 aromatic rings. The minimum Gasteiger partial charge on any atom is -0.395 e. The summed E-state index contributed by atoms with van der Waals surface area (Å²) in [6.07, 6.45) is 1.06. The summed E-state index contributed by atoms with van der Waals surface area (Å²) in [6.45, 7) is 3.59. The van der Waals surface area contributed by atoms with Crippen molar-refractivity contribution in [3.8, 4) is 0 Å². The normalized spacial score (nSPS) is 25.4. The van der Waals surface area contributed by atoms with Crippen LogP contribution in [0.2, 0.25) is 0 Å². The fraction of sp³-hybridized carbons (Fsp3) is 0.583. The number of nitrogens with zero attached hydrogens (tertiary/aromatic N) is 1. The molecule has 2 rings (SSSR count). The van der Waals surface area contributed by atoms with Gasteiger partial charge >= 0.3 is 0 Å². The fourth-order valence-electron chi connectivity index (χ4n) is 2.33. The predicted octanol–water partition coefficient (Wildman–Crippen LogP) is 2.40. The summed E-state index contributed by atoms with van der Waals surface area (Å²) in [4.78, 5) is 15.0. The summed E-state index contributed by atoms with van der Waals surface area (Å²) >= 11 is 4.85. The lowest BCUT2D eigenvalue weighted by atomic mass is 10.0. The van der Waals surface area contributed by atoms with E-state index in [4.69, 9.17) is 0 Å². The number of Topliss-reactive ketones (excluding diaryl/α,β-unsaturated/α-hetero) is 1. The Bertz CT molecular complexity index is 407. The Labute approximate surface area is 114 Å². The number of aliphatic hydroxyl groups excluding tert-OH is 1. The standard InChI is InChI=1S/C12H16BrNO2S/c1-8-2-4-14(10(8)7-15)6-11(16)12-9(13)3-5-17-12/h3,5,8,10,15H,2,4,6-7H2,1H3. The lowest BCUT2D eigenvalue weighted by Gasteiger charge is -2.23. The first-order valence-corrected chi connectivity index (χ1v) is 7.42. The van der Waals surface area contributed by atoms with Crippen LogP contribution in [0.4, 0.5) is 0 Å². The van der Waals surface area contributed by atoms with Crippen molar-refractivity contribution in [3.63, 3.8) is 0 Å². The van der Waals surface area contributed by atoms with E-state index in [0.717, 1.165) is 22.3 Å². The van der Waals surface area contributed by atoms with E-state index in [2.05, 4.69) is 27.8 Å². The molecule has 2 atom stereocenters. The molecule has 0 aromatic carbocycles. The van der Waals surface area contributed by atoms with Gasteiger partial charge in [-0.1, -0.05) is 6.92 Å². The van der Waals surface area contributed by atoms with Crippen LogP contribution in [0.25, 0.3) is 0 Å². The Balaban J connectivity index is 2.02. The highest BCUT2D eigenvalue weighted by Gasteiger charge is 2.32. The second-order valence-electron chi connectivity index (χ2n) is 4.51. The van der Waals surface area contributed by atoms with Crippen LogP contribution < -0.4 is 0 Å². The monoisotopic (exact) mass is 317 g/mol. The van der Waals surface area contributed by atoms with Crippen LogP contribution in [0, 0.1) is 5.92 Å². The maximum atomic E-state index is 12.1. The molecular weight excluding hydrogens is 302 g/mol. The predicted molar refractivity (Wildman–Crippen MR) is 72.6 cm³/mol. The quantitative estimate of drug-likeness (QED) is 0.867. The first-order chi connectivity index (χ1) is 8.13. The number of halogens is 1. The number of thiophene rings is 1. The molecule has 17 heavy (non-hydrogen) atoms. The molecule has 0 radical (unpaired) electrons. The zero-order valence-corrected chi connectivity index (χ0v) is 12.1. The van der Waals surface area contributed by atoms with Crippen LogP contribution in [0.15, 0.2) is 15.9 Å².